The van der Waals surface area contributed by atoms with Crippen LogP contribution in [0.4, 0.5) is 18.0 Å². The Hall–Kier alpha value is -3.56. The molecule has 3 rings (SSSR count). The van der Waals surface area contributed by atoms with E-state index in [0.717, 1.165) is 11.1 Å². The molecule has 7 nitrogen and oxygen atoms in total. The third-order valence-corrected chi connectivity index (χ3v) is 3.67. The van der Waals surface area contributed by atoms with Crippen LogP contribution in [-0.4, -0.2) is 33.8 Å². The number of carbonyl (C=O) groups excluding carboxylic acids is 1. The molecule has 0 aliphatic heterocycles. The van der Waals surface area contributed by atoms with Crippen LogP contribution in [0.15, 0.2) is 54.9 Å². The van der Waals surface area contributed by atoms with Crippen molar-refractivity contribution in [3.8, 4) is 22.8 Å². The van der Waals surface area contributed by atoms with Crippen LogP contribution in [0.3, 0.4) is 0 Å². The molecule has 1 aromatic heterocycles. The molecule has 0 saturated carbocycles. The summed E-state index contributed by atoms with van der Waals surface area (Å²) in [5, 5.41) is 4.33. The molecule has 2 N–H and O–H groups in total. The van der Waals surface area contributed by atoms with Crippen molar-refractivity contribution >= 4 is 6.09 Å². The molecule has 0 unspecified atom stereocenters. The topological polar surface area (TPSA) is 92.3 Å². The van der Waals surface area contributed by atoms with Gasteiger partial charge in [0.15, 0.2) is 5.82 Å². The molecule has 0 saturated heterocycles. The van der Waals surface area contributed by atoms with Gasteiger partial charge in [0.25, 0.3) is 0 Å². The molecule has 0 bridgehead atoms. The number of alkyl halides is 3. The van der Waals surface area contributed by atoms with Crippen LogP contribution in [0, 0.1) is 0 Å². The third kappa shape index (κ3) is 5.22. The molecular weight excluding hydrogens is 377 g/mol. The highest BCUT2D eigenvalue weighted by molar-refractivity contribution is 5.64. The number of hydrogen-bond donors (Lipinski definition) is 1. The van der Waals surface area contributed by atoms with E-state index in [1.165, 1.54) is 35.3 Å². The number of amides is 1. The number of halogens is 3. The minimum Gasteiger partial charge on any atom is -0.449 e. The Morgan fingerprint density at radius 3 is 2.36 bits per heavy atom. The number of hydrogen-bond acceptors (Lipinski definition) is 5. The second-order valence-corrected chi connectivity index (χ2v) is 5.67. The van der Waals surface area contributed by atoms with E-state index in [9.17, 15) is 18.0 Å². The predicted molar refractivity (Wildman–Crippen MR) is 92.7 cm³/mol. The largest absolute Gasteiger partial charge is 0.573 e. The molecule has 1 amide bonds. The zero-order chi connectivity index (χ0) is 20.1. The molecule has 28 heavy (non-hydrogen) atoms. The summed E-state index contributed by atoms with van der Waals surface area (Å²) in [5.74, 6) is 0.142. The molecule has 0 spiro atoms. The lowest BCUT2D eigenvalue weighted by Gasteiger charge is -2.09. The summed E-state index contributed by atoms with van der Waals surface area (Å²) in [6.07, 6.45) is -3.56. The molecule has 0 fully saturated rings. The second-order valence-electron chi connectivity index (χ2n) is 5.67. The van der Waals surface area contributed by atoms with Gasteiger partial charge in [-0.25, -0.2) is 14.5 Å². The average molecular weight is 392 g/mol. The molecule has 0 radical (unpaired) electrons. The SMILES string of the molecule is NC(=O)OCCc1ccc(-c2ncn(-c3ccc(OC(F)(F)F)cc3)n2)cc1. The molecule has 0 atom stereocenters. The maximum Gasteiger partial charge on any atom is 0.573 e. The number of nitrogens with zero attached hydrogens (tertiary/aromatic N) is 3. The summed E-state index contributed by atoms with van der Waals surface area (Å²) in [6.45, 7) is 0.190. The Balaban J connectivity index is 1.67. The Labute approximate surface area is 157 Å². The number of nitrogens with two attached hydrogens (primary N) is 1. The maximum absolute atomic E-state index is 12.2. The van der Waals surface area contributed by atoms with Crippen molar-refractivity contribution in [2.24, 2.45) is 5.73 Å². The Kier molecular flexibility index (Phi) is 5.48. The summed E-state index contributed by atoms with van der Waals surface area (Å²) in [5.41, 5.74) is 7.15. The zero-order valence-corrected chi connectivity index (χ0v) is 14.4. The molecule has 1 heterocycles. The van der Waals surface area contributed by atoms with Crippen molar-refractivity contribution in [3.63, 3.8) is 0 Å². The third-order valence-electron chi connectivity index (χ3n) is 3.67. The predicted octanol–water partition coefficient (Wildman–Crippen LogP) is 3.47. The minimum atomic E-state index is -4.74. The van der Waals surface area contributed by atoms with Crippen molar-refractivity contribution < 1.29 is 27.4 Å². The first-order chi connectivity index (χ1) is 13.3. The quantitative estimate of drug-likeness (QED) is 0.694. The van der Waals surface area contributed by atoms with Gasteiger partial charge >= 0.3 is 12.5 Å². The number of ether oxygens (including phenoxy) is 2. The van der Waals surface area contributed by atoms with Gasteiger partial charge in [0.2, 0.25) is 0 Å². The Morgan fingerprint density at radius 2 is 1.75 bits per heavy atom. The summed E-state index contributed by atoms with van der Waals surface area (Å²) >= 11 is 0. The van der Waals surface area contributed by atoms with E-state index >= 15 is 0 Å². The monoisotopic (exact) mass is 392 g/mol. The summed E-state index contributed by atoms with van der Waals surface area (Å²) in [4.78, 5) is 14.8. The Morgan fingerprint density at radius 1 is 1.07 bits per heavy atom. The van der Waals surface area contributed by atoms with E-state index in [4.69, 9.17) is 5.73 Å². The summed E-state index contributed by atoms with van der Waals surface area (Å²) < 4.78 is 46.6. The molecule has 0 aliphatic carbocycles. The van der Waals surface area contributed by atoms with Crippen molar-refractivity contribution in [3.05, 3.63) is 60.4 Å². The van der Waals surface area contributed by atoms with E-state index in [0.29, 0.717) is 17.9 Å². The van der Waals surface area contributed by atoms with E-state index in [-0.39, 0.29) is 12.4 Å². The normalized spacial score (nSPS) is 11.2. The zero-order valence-electron chi connectivity index (χ0n) is 14.4. The van der Waals surface area contributed by atoms with Crippen LogP contribution in [0.25, 0.3) is 17.1 Å². The number of benzene rings is 2. The standard InChI is InChI=1S/C18H15F3N4O3/c19-18(20,21)28-15-7-5-14(6-8-15)25-11-23-16(24-25)13-3-1-12(2-4-13)9-10-27-17(22)26/h1-8,11H,9-10H2,(H2,22,26). The number of aromatic nitrogens is 3. The number of primary amides is 1. The first-order valence-electron chi connectivity index (χ1n) is 8.09. The van der Waals surface area contributed by atoms with Gasteiger partial charge in [0.1, 0.15) is 12.1 Å². The fourth-order valence-electron chi connectivity index (χ4n) is 2.41. The van der Waals surface area contributed by atoms with E-state index < -0.39 is 12.5 Å². The van der Waals surface area contributed by atoms with Gasteiger partial charge in [-0.2, -0.15) is 0 Å². The van der Waals surface area contributed by atoms with Crippen molar-refractivity contribution in [1.82, 2.24) is 14.8 Å². The lowest BCUT2D eigenvalue weighted by atomic mass is 10.1. The van der Waals surface area contributed by atoms with Crippen LogP contribution in [0.2, 0.25) is 0 Å². The molecule has 10 heteroatoms. The lowest BCUT2D eigenvalue weighted by molar-refractivity contribution is -0.274. The van der Waals surface area contributed by atoms with Gasteiger partial charge in [0, 0.05) is 12.0 Å². The molecule has 2 aromatic carbocycles. The van der Waals surface area contributed by atoms with Crippen molar-refractivity contribution in [2.75, 3.05) is 6.61 Å². The lowest BCUT2D eigenvalue weighted by Crippen LogP contribution is -2.17. The maximum atomic E-state index is 12.2. The smallest absolute Gasteiger partial charge is 0.449 e. The Bertz CT molecular complexity index is 938. The second kappa shape index (κ2) is 7.99. The highest BCUT2D eigenvalue weighted by Gasteiger charge is 2.30. The highest BCUT2D eigenvalue weighted by Crippen LogP contribution is 2.24. The van der Waals surface area contributed by atoms with Gasteiger partial charge in [-0.1, -0.05) is 24.3 Å². The van der Waals surface area contributed by atoms with E-state index in [1.807, 2.05) is 24.3 Å². The fraction of sp³-hybridized carbons (Fsp3) is 0.167. The minimum absolute atomic E-state index is 0.190. The fourth-order valence-corrected chi connectivity index (χ4v) is 2.41. The van der Waals surface area contributed by atoms with Crippen molar-refractivity contribution in [2.45, 2.75) is 12.8 Å². The number of rotatable bonds is 6. The van der Waals surface area contributed by atoms with Crippen LogP contribution in [-0.2, 0) is 11.2 Å². The van der Waals surface area contributed by atoms with Gasteiger partial charge in [-0.3, -0.25) is 0 Å². The molecule has 146 valence electrons. The van der Waals surface area contributed by atoms with Crippen molar-refractivity contribution in [1.29, 1.82) is 0 Å². The van der Waals surface area contributed by atoms with E-state index in [1.54, 1.807) is 0 Å². The highest BCUT2D eigenvalue weighted by atomic mass is 19.4. The molecular formula is C18H15F3N4O3. The first-order valence-corrected chi connectivity index (χ1v) is 8.09. The molecule has 3 aromatic rings. The van der Waals surface area contributed by atoms with Gasteiger partial charge < -0.3 is 15.2 Å². The van der Waals surface area contributed by atoms with E-state index in [2.05, 4.69) is 19.6 Å². The number of carbonyl (C=O) groups is 1. The van der Waals surface area contributed by atoms with Crippen LogP contribution < -0.4 is 10.5 Å². The van der Waals surface area contributed by atoms with Crippen LogP contribution in [0.1, 0.15) is 5.56 Å². The molecule has 0 aliphatic rings. The summed E-state index contributed by atoms with van der Waals surface area (Å²) in [6, 6.07) is 12.6. The summed E-state index contributed by atoms with van der Waals surface area (Å²) in [7, 11) is 0. The van der Waals surface area contributed by atoms with Gasteiger partial charge in [0.05, 0.1) is 12.3 Å². The van der Waals surface area contributed by atoms with Gasteiger partial charge in [-0.15, -0.1) is 18.3 Å². The van der Waals surface area contributed by atoms with Crippen LogP contribution >= 0.6 is 0 Å². The van der Waals surface area contributed by atoms with Crippen LogP contribution in [0.5, 0.6) is 5.75 Å². The van der Waals surface area contributed by atoms with Gasteiger partial charge in [-0.05, 0) is 29.8 Å². The first kappa shape index (κ1) is 19.2. The average Bonchev–Trinajstić information content (AvgIpc) is 3.11.